The second-order valence-corrected chi connectivity index (χ2v) is 4.99. The van der Waals surface area contributed by atoms with Crippen molar-refractivity contribution in [1.82, 2.24) is 9.88 Å². The Bertz CT molecular complexity index is 639. The number of nitrogens with zero attached hydrogens (tertiary/aromatic N) is 2. The van der Waals surface area contributed by atoms with Crippen molar-refractivity contribution in [1.29, 1.82) is 0 Å². The highest BCUT2D eigenvalue weighted by atomic mass is 19.1. The van der Waals surface area contributed by atoms with Gasteiger partial charge in [0.15, 0.2) is 0 Å². The molecule has 1 unspecified atom stereocenters. The zero-order valence-corrected chi connectivity index (χ0v) is 11.2. The first kappa shape index (κ1) is 12.8. The molecule has 0 saturated heterocycles. The highest BCUT2D eigenvalue weighted by Gasteiger charge is 2.30. The molecule has 20 heavy (non-hydrogen) atoms. The van der Waals surface area contributed by atoms with Crippen molar-refractivity contribution in [3.05, 3.63) is 65.2 Å². The van der Waals surface area contributed by atoms with Gasteiger partial charge in [-0.25, -0.2) is 4.39 Å². The molecule has 0 aliphatic carbocycles. The lowest BCUT2D eigenvalue weighted by Crippen LogP contribution is -2.39. The van der Waals surface area contributed by atoms with E-state index >= 15 is 0 Å². The maximum atomic E-state index is 13.1. The molecule has 0 radical (unpaired) electrons. The summed E-state index contributed by atoms with van der Waals surface area (Å²) in [6.45, 7) is 2.23. The van der Waals surface area contributed by atoms with Gasteiger partial charge < -0.3 is 4.90 Å². The van der Waals surface area contributed by atoms with Crippen LogP contribution in [0.1, 0.15) is 29.7 Å². The summed E-state index contributed by atoms with van der Waals surface area (Å²) < 4.78 is 13.1. The number of benzene rings is 1. The summed E-state index contributed by atoms with van der Waals surface area (Å²) >= 11 is 0. The summed E-state index contributed by atoms with van der Waals surface area (Å²) in [5, 5.41) is 0. The molecule has 1 aromatic heterocycles. The number of halogens is 1. The maximum Gasteiger partial charge on any atom is 0.220 e. The number of carbonyl (C=O) groups is 1. The Morgan fingerprint density at radius 3 is 2.75 bits per heavy atom. The predicted molar refractivity (Wildman–Crippen MR) is 73.6 cm³/mol. The van der Waals surface area contributed by atoms with E-state index in [1.807, 2.05) is 17.2 Å². The molecule has 2 heterocycles. The Hall–Kier alpha value is -2.23. The molecule has 3 rings (SSSR count). The van der Waals surface area contributed by atoms with Crippen LogP contribution in [0.15, 0.2) is 42.7 Å². The van der Waals surface area contributed by atoms with Crippen LogP contribution in [0.3, 0.4) is 0 Å². The van der Waals surface area contributed by atoms with Gasteiger partial charge in [0.2, 0.25) is 5.91 Å². The zero-order valence-electron chi connectivity index (χ0n) is 11.2. The van der Waals surface area contributed by atoms with Crippen LogP contribution in [-0.4, -0.2) is 22.3 Å². The molecule has 0 fully saturated rings. The predicted octanol–water partition coefficient (Wildman–Crippen LogP) is 2.71. The second kappa shape index (κ2) is 5.04. The topological polar surface area (TPSA) is 33.2 Å². The summed E-state index contributed by atoms with van der Waals surface area (Å²) in [6.07, 6.45) is 4.39. The van der Waals surface area contributed by atoms with Gasteiger partial charge in [-0.15, -0.1) is 0 Å². The molecule has 2 aromatic rings. The lowest BCUT2D eigenvalue weighted by atomic mass is 9.89. The fourth-order valence-electron chi connectivity index (χ4n) is 2.80. The summed E-state index contributed by atoms with van der Waals surface area (Å²) in [7, 11) is 0. The summed E-state index contributed by atoms with van der Waals surface area (Å²) in [5.74, 6) is -0.240. The molecule has 102 valence electrons. The molecule has 0 spiro atoms. The van der Waals surface area contributed by atoms with Crippen molar-refractivity contribution in [3.63, 3.8) is 0 Å². The van der Waals surface area contributed by atoms with Crippen LogP contribution in [0.2, 0.25) is 0 Å². The van der Waals surface area contributed by atoms with Crippen LogP contribution in [0.5, 0.6) is 0 Å². The van der Waals surface area contributed by atoms with Crippen molar-refractivity contribution in [2.24, 2.45) is 0 Å². The van der Waals surface area contributed by atoms with Gasteiger partial charge >= 0.3 is 0 Å². The number of hydrogen-bond acceptors (Lipinski definition) is 2. The van der Waals surface area contributed by atoms with Gasteiger partial charge in [-0.3, -0.25) is 9.78 Å². The van der Waals surface area contributed by atoms with Crippen molar-refractivity contribution in [2.75, 3.05) is 6.54 Å². The molecule has 1 aliphatic rings. The quantitative estimate of drug-likeness (QED) is 0.798. The minimum Gasteiger partial charge on any atom is -0.331 e. The van der Waals surface area contributed by atoms with Gasteiger partial charge in [0.1, 0.15) is 5.82 Å². The van der Waals surface area contributed by atoms with E-state index in [-0.39, 0.29) is 17.8 Å². The van der Waals surface area contributed by atoms with Crippen molar-refractivity contribution in [3.8, 4) is 0 Å². The zero-order chi connectivity index (χ0) is 14.1. The molecule has 3 nitrogen and oxygen atoms in total. The van der Waals surface area contributed by atoms with E-state index in [0.29, 0.717) is 6.54 Å². The van der Waals surface area contributed by atoms with Gasteiger partial charge in [0.05, 0.1) is 6.04 Å². The Morgan fingerprint density at radius 2 is 2.05 bits per heavy atom. The summed E-state index contributed by atoms with van der Waals surface area (Å²) in [4.78, 5) is 17.9. The maximum absolute atomic E-state index is 13.1. The van der Waals surface area contributed by atoms with E-state index in [1.165, 1.54) is 12.1 Å². The molecule has 1 atom stereocenters. The Kier molecular flexibility index (Phi) is 3.22. The molecule has 0 N–H and O–H groups in total. The number of carbonyl (C=O) groups excluding carboxylic acids is 1. The fourth-order valence-corrected chi connectivity index (χ4v) is 2.80. The van der Waals surface area contributed by atoms with Gasteiger partial charge in [-0.1, -0.05) is 12.1 Å². The first-order valence-corrected chi connectivity index (χ1v) is 6.62. The smallest absolute Gasteiger partial charge is 0.220 e. The average molecular weight is 270 g/mol. The van der Waals surface area contributed by atoms with E-state index in [1.54, 1.807) is 25.3 Å². The van der Waals surface area contributed by atoms with E-state index in [4.69, 9.17) is 0 Å². The molecular weight excluding hydrogens is 255 g/mol. The molecule has 4 heteroatoms. The van der Waals surface area contributed by atoms with Gasteiger partial charge in [0, 0.05) is 25.9 Å². The van der Waals surface area contributed by atoms with Crippen LogP contribution in [0.25, 0.3) is 0 Å². The first-order valence-electron chi connectivity index (χ1n) is 6.62. The molecule has 0 saturated carbocycles. The highest BCUT2D eigenvalue weighted by molar-refractivity contribution is 5.75. The number of hydrogen-bond donors (Lipinski definition) is 0. The van der Waals surface area contributed by atoms with Gasteiger partial charge in [-0.05, 0) is 41.3 Å². The third-order valence-corrected chi connectivity index (χ3v) is 3.76. The largest absolute Gasteiger partial charge is 0.331 e. The normalized spacial score (nSPS) is 17.7. The minimum atomic E-state index is -0.270. The van der Waals surface area contributed by atoms with E-state index in [0.717, 1.165) is 23.1 Å². The van der Waals surface area contributed by atoms with Crippen molar-refractivity contribution in [2.45, 2.75) is 19.4 Å². The highest BCUT2D eigenvalue weighted by Crippen LogP contribution is 2.34. The molecule has 0 bridgehead atoms. The third-order valence-electron chi connectivity index (χ3n) is 3.76. The fraction of sp³-hybridized carbons (Fsp3) is 0.250. The van der Waals surface area contributed by atoms with Crippen LogP contribution in [-0.2, 0) is 11.2 Å². The van der Waals surface area contributed by atoms with Crippen LogP contribution in [0.4, 0.5) is 4.39 Å². The standard InChI is InChI=1S/C16H15FN2O/c1-11(20)19-9-7-13-10-18-8-6-15(13)16(19)12-2-4-14(17)5-3-12/h2-6,8,10,16H,7,9H2,1H3. The SMILES string of the molecule is CC(=O)N1CCc2cnccc2C1c1ccc(F)cc1. The van der Waals surface area contributed by atoms with Gasteiger partial charge in [-0.2, -0.15) is 0 Å². The number of pyridine rings is 1. The van der Waals surface area contributed by atoms with E-state index in [2.05, 4.69) is 4.98 Å². The Balaban J connectivity index is 2.11. The second-order valence-electron chi connectivity index (χ2n) is 4.99. The van der Waals surface area contributed by atoms with Crippen molar-refractivity contribution >= 4 is 5.91 Å². The lowest BCUT2D eigenvalue weighted by Gasteiger charge is -2.37. The summed E-state index contributed by atoms with van der Waals surface area (Å²) in [6, 6.07) is 8.14. The van der Waals surface area contributed by atoms with E-state index < -0.39 is 0 Å². The van der Waals surface area contributed by atoms with Gasteiger partial charge in [0.25, 0.3) is 0 Å². The minimum absolute atomic E-state index is 0.0294. The van der Waals surface area contributed by atoms with Crippen molar-refractivity contribution < 1.29 is 9.18 Å². The monoisotopic (exact) mass is 270 g/mol. The number of aromatic nitrogens is 1. The Labute approximate surface area is 117 Å². The third kappa shape index (κ3) is 2.18. The molecule has 1 aromatic carbocycles. The average Bonchev–Trinajstić information content (AvgIpc) is 2.47. The number of fused-ring (bicyclic) bond motifs is 1. The lowest BCUT2D eigenvalue weighted by molar-refractivity contribution is -0.130. The number of amides is 1. The van der Waals surface area contributed by atoms with Crippen LogP contribution < -0.4 is 0 Å². The molecule has 1 amide bonds. The summed E-state index contributed by atoms with van der Waals surface area (Å²) in [5.41, 5.74) is 3.15. The number of rotatable bonds is 1. The first-order chi connectivity index (χ1) is 9.66. The van der Waals surface area contributed by atoms with Crippen LogP contribution >= 0.6 is 0 Å². The van der Waals surface area contributed by atoms with E-state index in [9.17, 15) is 9.18 Å². The van der Waals surface area contributed by atoms with Crippen LogP contribution in [0, 0.1) is 5.82 Å². The molecule has 1 aliphatic heterocycles. The molecular formula is C16H15FN2O. The Morgan fingerprint density at radius 1 is 1.30 bits per heavy atom.